The molecule has 0 aromatic heterocycles. The van der Waals surface area contributed by atoms with E-state index in [1.165, 1.54) is 0 Å². The number of amides is 2. The fraction of sp³-hybridized carbons (Fsp3) is 0.560. The predicted octanol–water partition coefficient (Wildman–Crippen LogP) is 3.39. The second-order valence-corrected chi connectivity index (χ2v) is 9.13. The zero-order valence-corrected chi connectivity index (χ0v) is 18.4. The predicted molar refractivity (Wildman–Crippen MR) is 118 cm³/mol. The Morgan fingerprint density at radius 2 is 1.91 bits per heavy atom. The van der Waals surface area contributed by atoms with Crippen LogP contribution in [0.2, 0.25) is 0 Å². The van der Waals surface area contributed by atoms with E-state index in [2.05, 4.69) is 5.32 Å². The van der Waals surface area contributed by atoms with E-state index in [1.54, 1.807) is 4.90 Å². The number of carbonyl (C=O) groups excluding carboxylic acids is 2. The van der Waals surface area contributed by atoms with Gasteiger partial charge in [0.15, 0.2) is 0 Å². The van der Waals surface area contributed by atoms with Crippen LogP contribution in [0, 0.1) is 5.92 Å². The number of fused-ring (bicyclic) bond motifs is 2. The minimum Gasteiger partial charge on any atom is -0.479 e. The highest BCUT2D eigenvalue weighted by Crippen LogP contribution is 2.46. The van der Waals surface area contributed by atoms with Crippen molar-refractivity contribution in [2.24, 2.45) is 5.92 Å². The van der Waals surface area contributed by atoms with Gasteiger partial charge in [-0.25, -0.2) is 4.79 Å². The molecule has 2 heterocycles. The maximum atomic E-state index is 13.7. The summed E-state index contributed by atoms with van der Waals surface area (Å²) < 4.78 is 6.22. The lowest BCUT2D eigenvalue weighted by molar-refractivity contribution is -0.185. The quantitative estimate of drug-likeness (QED) is 0.700. The Hall–Kier alpha value is -2.67. The number of carbonyl (C=O) groups is 3. The number of hydrogen-bond acceptors (Lipinski definition) is 4. The molecule has 3 aliphatic rings. The number of allylic oxidation sites excluding steroid dienone is 1. The Morgan fingerprint density at radius 3 is 2.69 bits per heavy atom. The molecule has 0 bridgehead atoms. The molecule has 0 radical (unpaired) electrons. The monoisotopic (exact) mass is 440 g/mol. The molecule has 1 saturated carbocycles. The van der Waals surface area contributed by atoms with E-state index in [1.807, 2.05) is 42.5 Å². The van der Waals surface area contributed by atoms with Crippen molar-refractivity contribution in [3.8, 4) is 0 Å². The summed E-state index contributed by atoms with van der Waals surface area (Å²) in [6.45, 7) is 0.603. The Bertz CT molecular complexity index is 886. The molecule has 1 aliphatic carbocycles. The van der Waals surface area contributed by atoms with Gasteiger partial charge in [-0.05, 0) is 37.7 Å². The van der Waals surface area contributed by atoms with Crippen LogP contribution < -0.4 is 5.32 Å². The third kappa shape index (κ3) is 4.44. The molecule has 2 fully saturated rings. The fourth-order valence-corrected chi connectivity index (χ4v) is 4.90. The lowest BCUT2D eigenvalue weighted by Gasteiger charge is -2.38. The molecule has 32 heavy (non-hydrogen) atoms. The second-order valence-electron chi connectivity index (χ2n) is 9.13. The van der Waals surface area contributed by atoms with E-state index in [0.29, 0.717) is 32.2 Å². The summed E-state index contributed by atoms with van der Waals surface area (Å²) in [6.07, 6.45) is 10.3. The molecular weight excluding hydrogens is 408 g/mol. The largest absolute Gasteiger partial charge is 0.479 e. The number of carboxylic acids is 1. The molecule has 1 saturated heterocycles. The molecule has 3 atom stereocenters. The van der Waals surface area contributed by atoms with E-state index < -0.39 is 23.1 Å². The van der Waals surface area contributed by atoms with Crippen LogP contribution in [0.4, 0.5) is 0 Å². The van der Waals surface area contributed by atoms with Crippen molar-refractivity contribution in [3.05, 3.63) is 48.0 Å². The maximum Gasteiger partial charge on any atom is 0.330 e. The number of benzene rings is 1. The minimum absolute atomic E-state index is 0.101. The highest BCUT2D eigenvalue weighted by atomic mass is 16.5. The van der Waals surface area contributed by atoms with Gasteiger partial charge in [0.1, 0.15) is 5.54 Å². The summed E-state index contributed by atoms with van der Waals surface area (Å²) >= 11 is 0. The van der Waals surface area contributed by atoms with Crippen LogP contribution in [-0.2, 0) is 25.7 Å². The van der Waals surface area contributed by atoms with E-state index in [0.717, 1.165) is 37.7 Å². The number of ether oxygens (including phenoxy) is 1. The first-order valence-corrected chi connectivity index (χ1v) is 11.7. The van der Waals surface area contributed by atoms with Gasteiger partial charge in [-0.3, -0.25) is 9.59 Å². The molecule has 7 heteroatoms. The van der Waals surface area contributed by atoms with Crippen molar-refractivity contribution in [2.75, 3.05) is 6.54 Å². The van der Waals surface area contributed by atoms with Gasteiger partial charge in [-0.15, -0.1) is 0 Å². The Balaban J connectivity index is 1.63. The van der Waals surface area contributed by atoms with E-state index in [9.17, 15) is 19.5 Å². The second kappa shape index (κ2) is 9.45. The highest BCUT2D eigenvalue weighted by molar-refractivity contribution is 5.96. The molecule has 2 aliphatic heterocycles. The van der Waals surface area contributed by atoms with Crippen LogP contribution in [0.5, 0.6) is 0 Å². The van der Waals surface area contributed by atoms with Crippen molar-refractivity contribution in [2.45, 2.75) is 75.7 Å². The molecular formula is C25H32N2O5. The molecule has 0 spiro atoms. The number of aliphatic carboxylic acids is 1. The van der Waals surface area contributed by atoms with Gasteiger partial charge in [0.05, 0.1) is 6.61 Å². The fourth-order valence-electron chi connectivity index (χ4n) is 4.90. The van der Waals surface area contributed by atoms with Gasteiger partial charge in [-0.2, -0.15) is 0 Å². The zero-order chi connectivity index (χ0) is 22.6. The molecule has 4 rings (SSSR count). The molecule has 7 nitrogen and oxygen atoms in total. The van der Waals surface area contributed by atoms with Crippen LogP contribution >= 0.6 is 0 Å². The smallest absolute Gasteiger partial charge is 0.330 e. The van der Waals surface area contributed by atoms with Crippen LogP contribution in [0.1, 0.15) is 63.4 Å². The van der Waals surface area contributed by atoms with Crippen molar-refractivity contribution in [1.29, 1.82) is 0 Å². The van der Waals surface area contributed by atoms with Gasteiger partial charge in [0.25, 0.3) is 5.91 Å². The van der Waals surface area contributed by atoms with E-state index in [-0.39, 0.29) is 18.4 Å². The zero-order valence-electron chi connectivity index (χ0n) is 18.4. The number of carboxylic acid groups (broad SMARTS) is 1. The summed E-state index contributed by atoms with van der Waals surface area (Å²) in [7, 11) is 0. The van der Waals surface area contributed by atoms with Gasteiger partial charge < -0.3 is 20.1 Å². The molecule has 172 valence electrons. The summed E-state index contributed by atoms with van der Waals surface area (Å²) in [6, 6.07) is 9.50. The van der Waals surface area contributed by atoms with Crippen LogP contribution in [0.15, 0.2) is 42.5 Å². The first kappa shape index (κ1) is 22.5. The molecule has 2 amide bonds. The normalized spacial score (nSPS) is 32.1. The topological polar surface area (TPSA) is 95.9 Å². The summed E-state index contributed by atoms with van der Waals surface area (Å²) in [5, 5.41) is 12.7. The molecule has 1 aromatic rings. The van der Waals surface area contributed by atoms with Gasteiger partial charge in [-0.1, -0.05) is 55.3 Å². The van der Waals surface area contributed by atoms with Crippen molar-refractivity contribution in [1.82, 2.24) is 10.2 Å². The summed E-state index contributed by atoms with van der Waals surface area (Å²) in [5.74, 6) is -1.91. The summed E-state index contributed by atoms with van der Waals surface area (Å²) in [5.41, 5.74) is -1.91. The standard InChI is InChI=1S/C25H32N2O5/c28-21-14-9-4-2-1-3-8-13-20-17-24(20,23(30)31)26-22(29)25(15-10-16-27(21)25)32-18-19-11-6-5-7-12-19/h5-8,11-13,20H,1-4,9-10,14-18H2,(H,26,29)(H,30,31)/b13-8-. The third-order valence-electron chi connectivity index (χ3n) is 6.92. The maximum absolute atomic E-state index is 13.7. The Morgan fingerprint density at radius 1 is 1.12 bits per heavy atom. The van der Waals surface area contributed by atoms with Crippen LogP contribution in [-0.4, -0.2) is 45.6 Å². The first-order valence-electron chi connectivity index (χ1n) is 11.7. The van der Waals surface area contributed by atoms with Crippen LogP contribution in [0.3, 0.4) is 0 Å². The summed E-state index contributed by atoms with van der Waals surface area (Å²) in [4.78, 5) is 40.5. The average Bonchev–Trinajstić information content (AvgIpc) is 3.31. The molecule has 1 aromatic carbocycles. The van der Waals surface area contributed by atoms with Gasteiger partial charge >= 0.3 is 5.97 Å². The molecule has 2 N–H and O–H groups in total. The Labute approximate surface area is 188 Å². The van der Waals surface area contributed by atoms with Crippen molar-refractivity contribution < 1.29 is 24.2 Å². The molecule has 3 unspecified atom stereocenters. The van der Waals surface area contributed by atoms with E-state index >= 15 is 0 Å². The van der Waals surface area contributed by atoms with Crippen molar-refractivity contribution >= 4 is 17.8 Å². The third-order valence-corrected chi connectivity index (χ3v) is 6.92. The number of nitrogens with zero attached hydrogens (tertiary/aromatic N) is 1. The number of rotatable bonds is 4. The van der Waals surface area contributed by atoms with Crippen molar-refractivity contribution in [3.63, 3.8) is 0 Å². The SMILES string of the molecule is O=C1CCCCCC/C=C\C2CC2(C(=O)O)NC(=O)C2(OCc3ccccc3)CCCN12. The van der Waals surface area contributed by atoms with Crippen LogP contribution in [0.25, 0.3) is 0 Å². The highest BCUT2D eigenvalue weighted by Gasteiger charge is 2.63. The minimum atomic E-state index is -1.48. The number of hydrogen-bond donors (Lipinski definition) is 2. The first-order chi connectivity index (χ1) is 15.5. The lowest BCUT2D eigenvalue weighted by atomic mass is 10.1. The Kier molecular flexibility index (Phi) is 6.65. The lowest BCUT2D eigenvalue weighted by Crippen LogP contribution is -2.62. The van der Waals surface area contributed by atoms with E-state index in [4.69, 9.17) is 4.74 Å². The van der Waals surface area contributed by atoms with Gasteiger partial charge in [0.2, 0.25) is 11.6 Å². The van der Waals surface area contributed by atoms with Gasteiger partial charge in [0, 0.05) is 25.3 Å². The number of nitrogens with one attached hydrogen (secondary N) is 1. The average molecular weight is 441 g/mol.